The highest BCUT2D eigenvalue weighted by atomic mass is 16.5. The van der Waals surface area contributed by atoms with Gasteiger partial charge in [-0.05, 0) is 42.9 Å². The third-order valence-electron chi connectivity index (χ3n) is 3.62. The molecule has 0 aliphatic carbocycles. The molecule has 2 heteroatoms. The normalized spacial score (nSPS) is 14.2. The first-order valence-corrected chi connectivity index (χ1v) is 8.02. The van der Waals surface area contributed by atoms with Gasteiger partial charge in [-0.2, -0.15) is 0 Å². The second-order valence-electron chi connectivity index (χ2n) is 5.80. The van der Waals surface area contributed by atoms with Gasteiger partial charge in [-0.15, -0.1) is 0 Å². The molecule has 1 aromatic rings. The fraction of sp³-hybridized carbons (Fsp3) is 0.667. The number of rotatable bonds is 10. The molecular formula is C18H31NO. The summed E-state index contributed by atoms with van der Waals surface area (Å²) in [5.74, 6) is 0.573. The van der Waals surface area contributed by atoms with E-state index in [0.717, 1.165) is 19.6 Å². The molecular weight excluding hydrogens is 246 g/mol. The van der Waals surface area contributed by atoms with Crippen LogP contribution in [0.3, 0.4) is 0 Å². The summed E-state index contributed by atoms with van der Waals surface area (Å²) >= 11 is 0. The van der Waals surface area contributed by atoms with Crippen LogP contribution in [0.5, 0.6) is 0 Å². The predicted molar refractivity (Wildman–Crippen MR) is 87.1 cm³/mol. The maximum atomic E-state index is 5.28. The fourth-order valence-corrected chi connectivity index (χ4v) is 2.66. The molecule has 0 aliphatic heterocycles. The molecule has 114 valence electrons. The Bertz CT molecular complexity index is 364. The average Bonchev–Trinajstić information content (AvgIpc) is 2.44. The Morgan fingerprint density at radius 1 is 1.20 bits per heavy atom. The van der Waals surface area contributed by atoms with Crippen LogP contribution in [0.1, 0.15) is 57.2 Å². The summed E-state index contributed by atoms with van der Waals surface area (Å²) in [6.07, 6.45) is 4.67. The Kier molecular flexibility index (Phi) is 8.56. The van der Waals surface area contributed by atoms with Crippen molar-refractivity contribution in [2.75, 3.05) is 20.3 Å². The molecule has 0 bridgehead atoms. The SMILES string of the molecule is CCCNC(CC(C)COC)c1cccc(CCC)c1. The molecule has 0 amide bonds. The van der Waals surface area contributed by atoms with Crippen LogP contribution in [0, 0.1) is 5.92 Å². The fourth-order valence-electron chi connectivity index (χ4n) is 2.66. The Hall–Kier alpha value is -0.860. The van der Waals surface area contributed by atoms with Gasteiger partial charge < -0.3 is 10.1 Å². The van der Waals surface area contributed by atoms with Gasteiger partial charge in [0.15, 0.2) is 0 Å². The van der Waals surface area contributed by atoms with Gasteiger partial charge in [0, 0.05) is 19.8 Å². The molecule has 1 N–H and O–H groups in total. The molecule has 0 saturated carbocycles. The number of nitrogens with one attached hydrogen (secondary N) is 1. The zero-order valence-corrected chi connectivity index (χ0v) is 13.6. The third kappa shape index (κ3) is 6.06. The van der Waals surface area contributed by atoms with Gasteiger partial charge in [-0.1, -0.05) is 51.5 Å². The maximum Gasteiger partial charge on any atom is 0.0488 e. The summed E-state index contributed by atoms with van der Waals surface area (Å²) in [5.41, 5.74) is 2.88. The Labute approximate surface area is 124 Å². The van der Waals surface area contributed by atoms with Gasteiger partial charge in [0.25, 0.3) is 0 Å². The molecule has 0 heterocycles. The van der Waals surface area contributed by atoms with Crippen LogP contribution in [0.4, 0.5) is 0 Å². The molecule has 1 rings (SSSR count). The van der Waals surface area contributed by atoms with Crippen molar-refractivity contribution in [2.24, 2.45) is 5.92 Å². The zero-order chi connectivity index (χ0) is 14.8. The average molecular weight is 277 g/mol. The molecule has 2 unspecified atom stereocenters. The summed E-state index contributed by atoms with van der Waals surface area (Å²) in [7, 11) is 1.78. The van der Waals surface area contributed by atoms with Crippen LogP contribution in [-0.4, -0.2) is 20.3 Å². The largest absolute Gasteiger partial charge is 0.384 e. The summed E-state index contributed by atoms with van der Waals surface area (Å²) in [4.78, 5) is 0. The summed E-state index contributed by atoms with van der Waals surface area (Å²) in [6.45, 7) is 8.62. The Morgan fingerprint density at radius 3 is 2.65 bits per heavy atom. The lowest BCUT2D eigenvalue weighted by Gasteiger charge is -2.23. The van der Waals surface area contributed by atoms with Crippen molar-refractivity contribution in [1.82, 2.24) is 5.32 Å². The molecule has 0 aliphatic rings. The van der Waals surface area contributed by atoms with Crippen LogP contribution < -0.4 is 5.32 Å². The van der Waals surface area contributed by atoms with Gasteiger partial charge >= 0.3 is 0 Å². The van der Waals surface area contributed by atoms with E-state index < -0.39 is 0 Å². The molecule has 0 radical (unpaired) electrons. The Balaban J connectivity index is 2.77. The molecule has 2 atom stereocenters. The second-order valence-corrected chi connectivity index (χ2v) is 5.80. The van der Waals surface area contributed by atoms with Crippen molar-refractivity contribution in [3.05, 3.63) is 35.4 Å². The standard InChI is InChI=1S/C18H31NO/c1-5-8-16-9-7-10-17(13-16)18(19-11-6-2)12-15(3)14-20-4/h7,9-10,13,15,18-19H,5-6,8,11-12,14H2,1-4H3. The number of hydrogen-bond acceptors (Lipinski definition) is 2. The summed E-state index contributed by atoms with van der Waals surface area (Å²) in [6, 6.07) is 9.50. The van der Waals surface area contributed by atoms with E-state index in [4.69, 9.17) is 4.74 Å². The number of benzene rings is 1. The number of methoxy groups -OCH3 is 1. The van der Waals surface area contributed by atoms with Crippen molar-refractivity contribution in [2.45, 2.75) is 52.5 Å². The van der Waals surface area contributed by atoms with Crippen molar-refractivity contribution in [3.63, 3.8) is 0 Å². The van der Waals surface area contributed by atoms with E-state index in [1.54, 1.807) is 7.11 Å². The van der Waals surface area contributed by atoms with E-state index in [0.29, 0.717) is 12.0 Å². The van der Waals surface area contributed by atoms with Crippen molar-refractivity contribution < 1.29 is 4.74 Å². The van der Waals surface area contributed by atoms with Crippen LogP contribution in [-0.2, 0) is 11.2 Å². The first-order chi connectivity index (χ1) is 9.71. The third-order valence-corrected chi connectivity index (χ3v) is 3.62. The van der Waals surface area contributed by atoms with Crippen LogP contribution in [0.2, 0.25) is 0 Å². The number of hydrogen-bond donors (Lipinski definition) is 1. The highest BCUT2D eigenvalue weighted by Gasteiger charge is 2.15. The molecule has 20 heavy (non-hydrogen) atoms. The van der Waals surface area contributed by atoms with E-state index in [2.05, 4.69) is 50.4 Å². The van der Waals surface area contributed by atoms with E-state index in [1.165, 1.54) is 30.4 Å². The lowest BCUT2D eigenvalue weighted by Crippen LogP contribution is -2.25. The quantitative estimate of drug-likeness (QED) is 0.686. The highest BCUT2D eigenvalue weighted by Crippen LogP contribution is 2.23. The van der Waals surface area contributed by atoms with E-state index in [-0.39, 0.29) is 0 Å². The first kappa shape index (κ1) is 17.2. The van der Waals surface area contributed by atoms with E-state index in [1.807, 2.05) is 0 Å². The van der Waals surface area contributed by atoms with Gasteiger partial charge in [0.05, 0.1) is 0 Å². The number of ether oxygens (including phenoxy) is 1. The maximum absolute atomic E-state index is 5.28. The van der Waals surface area contributed by atoms with Gasteiger partial charge in [-0.25, -0.2) is 0 Å². The lowest BCUT2D eigenvalue weighted by molar-refractivity contribution is 0.149. The van der Waals surface area contributed by atoms with Crippen LogP contribution in [0.15, 0.2) is 24.3 Å². The van der Waals surface area contributed by atoms with E-state index in [9.17, 15) is 0 Å². The summed E-state index contributed by atoms with van der Waals surface area (Å²) < 4.78 is 5.28. The molecule has 0 fully saturated rings. The lowest BCUT2D eigenvalue weighted by atomic mass is 9.94. The highest BCUT2D eigenvalue weighted by molar-refractivity contribution is 5.26. The van der Waals surface area contributed by atoms with Crippen molar-refractivity contribution in [3.8, 4) is 0 Å². The first-order valence-electron chi connectivity index (χ1n) is 8.02. The molecule has 2 nitrogen and oxygen atoms in total. The van der Waals surface area contributed by atoms with Gasteiger partial charge in [-0.3, -0.25) is 0 Å². The van der Waals surface area contributed by atoms with Crippen LogP contribution >= 0.6 is 0 Å². The molecule has 0 spiro atoms. The van der Waals surface area contributed by atoms with E-state index >= 15 is 0 Å². The van der Waals surface area contributed by atoms with Crippen LogP contribution in [0.25, 0.3) is 0 Å². The van der Waals surface area contributed by atoms with Gasteiger partial charge in [0.1, 0.15) is 0 Å². The molecule has 1 aromatic carbocycles. The Morgan fingerprint density at radius 2 is 2.00 bits per heavy atom. The second kappa shape index (κ2) is 9.95. The smallest absolute Gasteiger partial charge is 0.0488 e. The minimum atomic E-state index is 0.442. The minimum Gasteiger partial charge on any atom is -0.384 e. The van der Waals surface area contributed by atoms with Gasteiger partial charge in [0.2, 0.25) is 0 Å². The monoisotopic (exact) mass is 277 g/mol. The number of aryl methyl sites for hydroxylation is 1. The summed E-state index contributed by atoms with van der Waals surface area (Å²) in [5, 5.41) is 3.69. The topological polar surface area (TPSA) is 21.3 Å². The molecule has 0 aromatic heterocycles. The zero-order valence-electron chi connectivity index (χ0n) is 13.6. The minimum absolute atomic E-state index is 0.442. The van der Waals surface area contributed by atoms with Crippen molar-refractivity contribution in [1.29, 1.82) is 0 Å². The van der Waals surface area contributed by atoms with Crippen molar-refractivity contribution >= 4 is 0 Å². The molecule has 0 saturated heterocycles. The predicted octanol–water partition coefficient (Wildman–Crippen LogP) is 4.35.